The van der Waals surface area contributed by atoms with Crippen LogP contribution in [0.25, 0.3) is 0 Å². The third-order valence-electron chi connectivity index (χ3n) is 5.43. The van der Waals surface area contributed by atoms with Gasteiger partial charge in [0.1, 0.15) is 0 Å². The summed E-state index contributed by atoms with van der Waals surface area (Å²) < 4.78 is 0.797. The molecule has 1 amide bonds. The molecule has 1 aliphatic carbocycles. The number of nitrogens with zero attached hydrogens (tertiary/aromatic N) is 1. The zero-order valence-corrected chi connectivity index (χ0v) is 18.7. The zero-order valence-electron chi connectivity index (χ0n) is 16.4. The zero-order chi connectivity index (χ0) is 20.4. The van der Waals surface area contributed by atoms with Gasteiger partial charge in [0, 0.05) is 35.4 Å². The average Bonchev–Trinajstić information content (AvgIpc) is 3.16. The number of aromatic nitrogens is 1. The first-order chi connectivity index (χ1) is 13.3. The highest BCUT2D eigenvalue weighted by atomic mass is 79.9. The van der Waals surface area contributed by atoms with Gasteiger partial charge in [-0.3, -0.25) is 9.59 Å². The fourth-order valence-electron chi connectivity index (χ4n) is 3.85. The van der Waals surface area contributed by atoms with E-state index in [2.05, 4.69) is 31.1 Å². The highest BCUT2D eigenvalue weighted by Gasteiger charge is 2.24. The molecular weight excluding hydrogens is 442 g/mol. The van der Waals surface area contributed by atoms with Crippen molar-refractivity contribution in [2.24, 2.45) is 0 Å². The number of rotatable bonds is 5. The molecule has 1 aromatic heterocycles. The molecule has 28 heavy (non-hydrogen) atoms. The largest absolute Gasteiger partial charge is 0.370 e. The minimum atomic E-state index is -0.299. The van der Waals surface area contributed by atoms with Crippen LogP contribution in [0.4, 0.5) is 5.69 Å². The van der Waals surface area contributed by atoms with Gasteiger partial charge < -0.3 is 15.2 Å². The molecule has 0 saturated heterocycles. The summed E-state index contributed by atoms with van der Waals surface area (Å²) >= 11 is 10.1. The summed E-state index contributed by atoms with van der Waals surface area (Å²) in [6.45, 7) is 3.85. The summed E-state index contributed by atoms with van der Waals surface area (Å²) in [5.74, 6) is -0.299. The Labute approximate surface area is 178 Å². The van der Waals surface area contributed by atoms with Crippen molar-refractivity contribution in [3.05, 3.63) is 60.4 Å². The number of anilines is 1. The first kappa shape index (κ1) is 20.9. The normalized spacial score (nSPS) is 14.3. The Bertz CT molecular complexity index is 951. The predicted octanol–water partition coefficient (Wildman–Crippen LogP) is 4.72. The minimum absolute atomic E-state index is 0.150. The van der Waals surface area contributed by atoms with Crippen molar-refractivity contribution < 1.29 is 4.79 Å². The Balaban J connectivity index is 1.83. The molecule has 3 rings (SSSR count). The van der Waals surface area contributed by atoms with Crippen molar-refractivity contribution in [3.8, 4) is 0 Å². The number of nitrogens with one attached hydrogen (secondary N) is 2. The molecule has 1 aromatic carbocycles. The molecule has 1 fully saturated rings. The Kier molecular flexibility index (Phi) is 6.50. The number of carbonyl (C=O) groups excluding carboxylic acids is 1. The molecule has 150 valence electrons. The number of benzene rings is 1. The number of aromatic amines is 1. The molecule has 1 aliphatic rings. The summed E-state index contributed by atoms with van der Waals surface area (Å²) in [5, 5.41) is 3.27. The van der Waals surface area contributed by atoms with Crippen molar-refractivity contribution in [2.45, 2.75) is 52.1 Å². The van der Waals surface area contributed by atoms with Crippen LogP contribution in [-0.4, -0.2) is 24.0 Å². The number of carbonyl (C=O) groups is 1. The molecular formula is C21H25BrClN3O2. The second-order valence-electron chi connectivity index (χ2n) is 7.46. The van der Waals surface area contributed by atoms with Crippen LogP contribution in [0.1, 0.15) is 52.9 Å². The van der Waals surface area contributed by atoms with Gasteiger partial charge in [0.15, 0.2) is 0 Å². The van der Waals surface area contributed by atoms with Crippen molar-refractivity contribution in [1.29, 1.82) is 0 Å². The van der Waals surface area contributed by atoms with Gasteiger partial charge in [-0.1, -0.05) is 40.4 Å². The quantitative estimate of drug-likeness (QED) is 0.670. The van der Waals surface area contributed by atoms with E-state index in [1.807, 2.05) is 33.0 Å². The third kappa shape index (κ3) is 4.44. The highest BCUT2D eigenvalue weighted by molar-refractivity contribution is 9.10. The van der Waals surface area contributed by atoms with E-state index in [9.17, 15) is 9.59 Å². The van der Waals surface area contributed by atoms with Crippen molar-refractivity contribution in [3.63, 3.8) is 0 Å². The Morgan fingerprint density at radius 2 is 1.96 bits per heavy atom. The molecule has 2 aromatic rings. The second kappa shape index (κ2) is 8.70. The fourth-order valence-corrected chi connectivity index (χ4v) is 4.62. The molecule has 0 bridgehead atoms. The van der Waals surface area contributed by atoms with Crippen molar-refractivity contribution in [2.75, 3.05) is 11.9 Å². The first-order valence-electron chi connectivity index (χ1n) is 9.47. The van der Waals surface area contributed by atoms with Gasteiger partial charge in [0.25, 0.3) is 11.5 Å². The van der Waals surface area contributed by atoms with Crippen LogP contribution in [0.15, 0.2) is 27.5 Å². The van der Waals surface area contributed by atoms with Gasteiger partial charge >= 0.3 is 0 Å². The van der Waals surface area contributed by atoms with Crippen molar-refractivity contribution in [1.82, 2.24) is 10.3 Å². The minimum Gasteiger partial charge on any atom is -0.370 e. The van der Waals surface area contributed by atoms with Gasteiger partial charge in [-0.2, -0.15) is 0 Å². The van der Waals surface area contributed by atoms with Crippen molar-refractivity contribution >= 4 is 39.1 Å². The van der Waals surface area contributed by atoms with E-state index < -0.39 is 0 Å². The standard InChI is InChI=1S/C21H25BrClN3O2/c1-12-8-13(2)25-21(28)17(12)11-24-20(27)16-9-14(22)10-18(19(16)23)26(3)15-6-4-5-7-15/h8-10,15H,4-7,11H2,1-3H3,(H,24,27)(H,25,28). The molecule has 0 aliphatic heterocycles. The summed E-state index contributed by atoms with van der Waals surface area (Å²) in [7, 11) is 2.03. The molecule has 0 spiro atoms. The lowest BCUT2D eigenvalue weighted by molar-refractivity contribution is 0.0951. The molecule has 0 unspecified atom stereocenters. The highest BCUT2D eigenvalue weighted by Crippen LogP contribution is 2.36. The SMILES string of the molecule is Cc1cc(C)c(CNC(=O)c2cc(Br)cc(N(C)C3CCCC3)c2Cl)c(=O)[nH]1. The maximum Gasteiger partial charge on any atom is 0.253 e. The lowest BCUT2D eigenvalue weighted by atomic mass is 10.1. The lowest BCUT2D eigenvalue weighted by Gasteiger charge is -2.28. The number of H-pyrrole nitrogens is 1. The van der Waals surface area contributed by atoms with E-state index >= 15 is 0 Å². The van der Waals surface area contributed by atoms with E-state index in [0.717, 1.165) is 34.3 Å². The number of halogens is 2. The molecule has 0 radical (unpaired) electrons. The molecule has 0 atom stereocenters. The van der Waals surface area contributed by atoms with Crippen LogP contribution in [0.2, 0.25) is 5.02 Å². The summed E-state index contributed by atoms with van der Waals surface area (Å²) in [5.41, 5.74) is 3.26. The Hall–Kier alpha value is -1.79. The topological polar surface area (TPSA) is 65.2 Å². The van der Waals surface area contributed by atoms with Crippen LogP contribution in [-0.2, 0) is 6.54 Å². The second-order valence-corrected chi connectivity index (χ2v) is 8.76. The number of amides is 1. The van der Waals surface area contributed by atoms with Gasteiger partial charge in [0.2, 0.25) is 0 Å². The first-order valence-corrected chi connectivity index (χ1v) is 10.6. The van der Waals surface area contributed by atoms with Crippen LogP contribution in [0, 0.1) is 13.8 Å². The third-order valence-corrected chi connectivity index (χ3v) is 6.29. The van der Waals surface area contributed by atoms with E-state index in [-0.39, 0.29) is 18.0 Å². The summed E-state index contributed by atoms with van der Waals surface area (Å²) in [6.07, 6.45) is 4.71. The number of hydrogen-bond donors (Lipinski definition) is 2. The van der Waals surface area contributed by atoms with E-state index in [1.54, 1.807) is 6.07 Å². The van der Waals surface area contributed by atoms with Crippen LogP contribution in [0.3, 0.4) is 0 Å². The lowest BCUT2D eigenvalue weighted by Crippen LogP contribution is -2.31. The van der Waals surface area contributed by atoms with E-state index in [0.29, 0.717) is 22.2 Å². The predicted molar refractivity (Wildman–Crippen MR) is 118 cm³/mol. The monoisotopic (exact) mass is 465 g/mol. The van der Waals surface area contributed by atoms with Crippen LogP contribution in [0.5, 0.6) is 0 Å². The molecule has 2 N–H and O–H groups in total. The van der Waals surface area contributed by atoms with Gasteiger partial charge in [-0.25, -0.2) is 0 Å². The maximum absolute atomic E-state index is 12.8. The summed E-state index contributed by atoms with van der Waals surface area (Å²) in [6, 6.07) is 6.00. The summed E-state index contributed by atoms with van der Waals surface area (Å²) in [4.78, 5) is 29.9. The maximum atomic E-state index is 12.8. The van der Waals surface area contributed by atoms with Gasteiger partial charge in [0.05, 0.1) is 16.3 Å². The van der Waals surface area contributed by atoms with Gasteiger partial charge in [-0.05, 0) is 50.5 Å². The molecule has 5 nitrogen and oxygen atoms in total. The Morgan fingerprint density at radius 3 is 2.61 bits per heavy atom. The smallest absolute Gasteiger partial charge is 0.253 e. The number of aryl methyl sites for hydroxylation is 2. The van der Waals surface area contributed by atoms with Gasteiger partial charge in [-0.15, -0.1) is 0 Å². The van der Waals surface area contributed by atoms with E-state index in [1.165, 1.54) is 12.8 Å². The van der Waals surface area contributed by atoms with Crippen LogP contribution < -0.4 is 15.8 Å². The fraction of sp³-hybridized carbons (Fsp3) is 0.429. The number of hydrogen-bond acceptors (Lipinski definition) is 3. The molecule has 1 saturated carbocycles. The van der Waals surface area contributed by atoms with E-state index in [4.69, 9.17) is 11.6 Å². The number of pyridine rings is 1. The average molecular weight is 467 g/mol. The molecule has 1 heterocycles. The Morgan fingerprint density at radius 1 is 1.29 bits per heavy atom. The molecule has 7 heteroatoms. The van der Waals surface area contributed by atoms with Crippen LogP contribution >= 0.6 is 27.5 Å².